The lowest BCUT2D eigenvalue weighted by Gasteiger charge is -2.36. The van der Waals surface area contributed by atoms with Gasteiger partial charge < -0.3 is 19.7 Å². The van der Waals surface area contributed by atoms with Gasteiger partial charge in [0.1, 0.15) is 0 Å². The summed E-state index contributed by atoms with van der Waals surface area (Å²) < 4.78 is 10.7. The Morgan fingerprint density at radius 3 is 2.57 bits per heavy atom. The molecule has 166 valence electrons. The zero-order valence-corrected chi connectivity index (χ0v) is 18.2. The average molecular weight is 418 g/mol. The van der Waals surface area contributed by atoms with Crippen LogP contribution in [0.3, 0.4) is 0 Å². The molecule has 0 spiro atoms. The fourth-order valence-electron chi connectivity index (χ4n) is 4.40. The Morgan fingerprint density at radius 2 is 1.87 bits per heavy atom. The van der Waals surface area contributed by atoms with Crippen LogP contribution in [-0.2, 0) is 14.3 Å². The van der Waals surface area contributed by atoms with E-state index in [-0.39, 0.29) is 23.8 Å². The SMILES string of the molecule is COCCN(C)C(=O)[C@@H]1CC[C@H](NC(=O)c2ccccc2)CN(C2CCOCC2)C1. The van der Waals surface area contributed by atoms with Crippen molar-refractivity contribution in [3.63, 3.8) is 0 Å². The van der Waals surface area contributed by atoms with Gasteiger partial charge in [0.05, 0.1) is 12.5 Å². The first-order valence-corrected chi connectivity index (χ1v) is 11.0. The fourth-order valence-corrected chi connectivity index (χ4v) is 4.40. The maximum Gasteiger partial charge on any atom is 0.251 e. The molecule has 0 radical (unpaired) electrons. The van der Waals surface area contributed by atoms with Crippen LogP contribution < -0.4 is 5.32 Å². The van der Waals surface area contributed by atoms with Gasteiger partial charge in [0, 0.05) is 64.7 Å². The van der Waals surface area contributed by atoms with E-state index >= 15 is 0 Å². The van der Waals surface area contributed by atoms with Crippen LogP contribution >= 0.6 is 0 Å². The zero-order valence-electron chi connectivity index (χ0n) is 18.2. The Kier molecular flexibility index (Phi) is 8.66. The van der Waals surface area contributed by atoms with Crippen molar-refractivity contribution < 1.29 is 19.1 Å². The lowest BCUT2D eigenvalue weighted by atomic mass is 9.99. The lowest BCUT2D eigenvalue weighted by Crippen LogP contribution is -2.49. The van der Waals surface area contributed by atoms with Gasteiger partial charge in [-0.1, -0.05) is 18.2 Å². The first-order valence-electron chi connectivity index (χ1n) is 11.0. The molecule has 1 aromatic rings. The predicted octanol–water partition coefficient (Wildman–Crippen LogP) is 1.78. The van der Waals surface area contributed by atoms with Crippen molar-refractivity contribution in [2.45, 2.75) is 37.8 Å². The smallest absolute Gasteiger partial charge is 0.251 e. The number of carbonyl (C=O) groups is 2. The molecule has 2 aliphatic rings. The molecule has 2 saturated heterocycles. The number of hydrogen-bond acceptors (Lipinski definition) is 5. The minimum atomic E-state index is -0.0617. The number of hydrogen-bond donors (Lipinski definition) is 1. The van der Waals surface area contributed by atoms with Crippen molar-refractivity contribution in [1.82, 2.24) is 15.1 Å². The molecule has 1 N–H and O–H groups in total. The summed E-state index contributed by atoms with van der Waals surface area (Å²) in [6.45, 7) is 4.15. The molecular weight excluding hydrogens is 382 g/mol. The summed E-state index contributed by atoms with van der Waals surface area (Å²) in [5, 5.41) is 3.21. The Labute approximate surface area is 179 Å². The van der Waals surface area contributed by atoms with Crippen molar-refractivity contribution in [2.75, 3.05) is 53.6 Å². The van der Waals surface area contributed by atoms with Crippen molar-refractivity contribution in [1.29, 1.82) is 0 Å². The van der Waals surface area contributed by atoms with E-state index in [1.165, 1.54) is 0 Å². The summed E-state index contributed by atoms with van der Waals surface area (Å²) in [6, 6.07) is 9.75. The van der Waals surface area contributed by atoms with Crippen LogP contribution in [0.15, 0.2) is 30.3 Å². The molecule has 0 bridgehead atoms. The van der Waals surface area contributed by atoms with Gasteiger partial charge in [-0.05, 0) is 37.8 Å². The number of carbonyl (C=O) groups excluding carboxylic acids is 2. The molecule has 2 fully saturated rings. The number of rotatable bonds is 7. The molecule has 7 nitrogen and oxygen atoms in total. The van der Waals surface area contributed by atoms with Crippen LogP contribution in [0.5, 0.6) is 0 Å². The van der Waals surface area contributed by atoms with Gasteiger partial charge in [-0.3, -0.25) is 14.5 Å². The van der Waals surface area contributed by atoms with Gasteiger partial charge in [0.2, 0.25) is 5.91 Å². The molecule has 0 saturated carbocycles. The number of nitrogens with zero attached hydrogens (tertiary/aromatic N) is 2. The highest BCUT2D eigenvalue weighted by Crippen LogP contribution is 2.24. The van der Waals surface area contributed by atoms with Crippen LogP contribution in [-0.4, -0.2) is 87.3 Å². The molecule has 3 rings (SSSR count). The molecule has 2 amide bonds. The molecular formula is C23H35N3O4. The van der Waals surface area contributed by atoms with E-state index in [1.807, 2.05) is 37.4 Å². The van der Waals surface area contributed by atoms with E-state index in [9.17, 15) is 9.59 Å². The summed E-state index contributed by atoms with van der Waals surface area (Å²) >= 11 is 0. The number of nitrogens with one attached hydrogen (secondary N) is 1. The molecule has 0 unspecified atom stereocenters. The molecule has 2 aliphatic heterocycles. The maximum absolute atomic E-state index is 13.1. The highest BCUT2D eigenvalue weighted by atomic mass is 16.5. The van der Waals surface area contributed by atoms with Crippen LogP contribution in [0.4, 0.5) is 0 Å². The van der Waals surface area contributed by atoms with E-state index in [0.29, 0.717) is 24.8 Å². The number of benzene rings is 1. The minimum Gasteiger partial charge on any atom is -0.383 e. The van der Waals surface area contributed by atoms with Gasteiger partial charge in [-0.15, -0.1) is 0 Å². The third-order valence-electron chi connectivity index (χ3n) is 6.21. The Hall–Kier alpha value is -1.96. The topological polar surface area (TPSA) is 71.1 Å². The predicted molar refractivity (Wildman–Crippen MR) is 115 cm³/mol. The van der Waals surface area contributed by atoms with E-state index in [0.717, 1.165) is 52.0 Å². The van der Waals surface area contributed by atoms with E-state index in [1.54, 1.807) is 12.0 Å². The molecule has 30 heavy (non-hydrogen) atoms. The summed E-state index contributed by atoms with van der Waals surface area (Å²) in [7, 11) is 3.50. The molecule has 0 aliphatic carbocycles. The third kappa shape index (κ3) is 6.27. The monoisotopic (exact) mass is 417 g/mol. The standard InChI is InChI=1S/C23H35N3O4/c1-25(12-15-29-2)23(28)19-8-9-20(24-22(27)18-6-4-3-5-7-18)17-26(16-19)21-10-13-30-14-11-21/h3-7,19-21H,8-17H2,1-2H3,(H,24,27)/t19-,20+/m1/s1. The summed E-state index contributed by atoms with van der Waals surface area (Å²) in [5.74, 6) is 0.0574. The minimum absolute atomic E-state index is 0.0302. The molecule has 2 atom stereocenters. The average Bonchev–Trinajstić information content (AvgIpc) is 3.01. The van der Waals surface area contributed by atoms with Gasteiger partial charge >= 0.3 is 0 Å². The fraction of sp³-hybridized carbons (Fsp3) is 0.652. The second-order valence-electron chi connectivity index (χ2n) is 8.36. The third-order valence-corrected chi connectivity index (χ3v) is 6.21. The molecule has 7 heteroatoms. The normalized spacial score (nSPS) is 23.5. The van der Waals surface area contributed by atoms with Crippen molar-refractivity contribution in [2.24, 2.45) is 5.92 Å². The van der Waals surface area contributed by atoms with Gasteiger partial charge in [0.15, 0.2) is 0 Å². The first kappa shape index (κ1) is 22.7. The Balaban J connectivity index is 1.69. The molecule has 0 aromatic heterocycles. The molecule has 1 aromatic carbocycles. The largest absolute Gasteiger partial charge is 0.383 e. The number of likely N-dealkylation sites (N-methyl/N-ethyl adjacent to an activating group) is 1. The Bertz CT molecular complexity index is 678. The highest BCUT2D eigenvalue weighted by molar-refractivity contribution is 5.94. The number of ether oxygens (including phenoxy) is 2. The number of amides is 2. The highest BCUT2D eigenvalue weighted by Gasteiger charge is 2.34. The zero-order chi connectivity index (χ0) is 21.3. The van der Waals surface area contributed by atoms with Gasteiger partial charge in [-0.25, -0.2) is 0 Å². The van der Waals surface area contributed by atoms with Crippen LogP contribution in [0.2, 0.25) is 0 Å². The lowest BCUT2D eigenvalue weighted by molar-refractivity contribution is -0.135. The summed E-state index contributed by atoms with van der Waals surface area (Å²) in [6.07, 6.45) is 3.52. The van der Waals surface area contributed by atoms with Crippen LogP contribution in [0.25, 0.3) is 0 Å². The first-order chi connectivity index (χ1) is 14.6. The summed E-state index contributed by atoms with van der Waals surface area (Å²) in [5.41, 5.74) is 0.672. The maximum atomic E-state index is 13.1. The van der Waals surface area contributed by atoms with Crippen molar-refractivity contribution >= 4 is 11.8 Å². The van der Waals surface area contributed by atoms with E-state index in [2.05, 4.69) is 10.2 Å². The number of methoxy groups -OCH3 is 1. The van der Waals surface area contributed by atoms with Crippen molar-refractivity contribution in [3.05, 3.63) is 35.9 Å². The summed E-state index contributed by atoms with van der Waals surface area (Å²) in [4.78, 5) is 30.0. The van der Waals surface area contributed by atoms with Crippen molar-refractivity contribution in [3.8, 4) is 0 Å². The van der Waals surface area contributed by atoms with Gasteiger partial charge in [-0.2, -0.15) is 0 Å². The number of likely N-dealkylation sites (tertiary alicyclic amines) is 1. The van der Waals surface area contributed by atoms with E-state index in [4.69, 9.17) is 9.47 Å². The van der Waals surface area contributed by atoms with Gasteiger partial charge in [0.25, 0.3) is 5.91 Å². The van der Waals surface area contributed by atoms with Crippen LogP contribution in [0, 0.1) is 5.92 Å². The Morgan fingerprint density at radius 1 is 1.13 bits per heavy atom. The second-order valence-corrected chi connectivity index (χ2v) is 8.36. The van der Waals surface area contributed by atoms with Crippen LogP contribution in [0.1, 0.15) is 36.0 Å². The molecule has 2 heterocycles. The van der Waals surface area contributed by atoms with E-state index < -0.39 is 0 Å². The quantitative estimate of drug-likeness (QED) is 0.732. The second kappa shape index (κ2) is 11.4.